The quantitative estimate of drug-likeness (QED) is 0.632. The van der Waals surface area contributed by atoms with Crippen LogP contribution in [0.5, 0.6) is 0 Å². The van der Waals surface area contributed by atoms with Gasteiger partial charge in [-0.15, -0.1) is 12.4 Å². The molecule has 0 aromatic carbocycles. The molecule has 68 valence electrons. The largest absolute Gasteiger partial charge is 0.338 e. The standard InChI is InChI=1S/C7H17NOP.ClH/c1-4-10(9)7-5-6-8(2)3;/h4-7H2,1-3H3;1H/q+1;. The van der Waals surface area contributed by atoms with Crippen LogP contribution in [-0.2, 0) is 4.57 Å². The Hall–Kier alpha value is 0.350. The van der Waals surface area contributed by atoms with Crippen molar-refractivity contribution in [1.82, 2.24) is 4.90 Å². The van der Waals surface area contributed by atoms with Crippen LogP contribution in [-0.4, -0.2) is 37.9 Å². The first kappa shape index (κ1) is 13.9. The van der Waals surface area contributed by atoms with Crippen molar-refractivity contribution in [1.29, 1.82) is 0 Å². The van der Waals surface area contributed by atoms with Crippen LogP contribution in [0.25, 0.3) is 0 Å². The highest BCUT2D eigenvalue weighted by Crippen LogP contribution is 2.19. The number of hydrogen-bond donors (Lipinski definition) is 0. The molecular weight excluding hydrogens is 181 g/mol. The van der Waals surface area contributed by atoms with Crippen molar-refractivity contribution in [2.45, 2.75) is 13.3 Å². The lowest BCUT2D eigenvalue weighted by Crippen LogP contribution is -2.13. The highest BCUT2D eigenvalue weighted by molar-refractivity contribution is 7.44. The van der Waals surface area contributed by atoms with Crippen LogP contribution in [0.3, 0.4) is 0 Å². The van der Waals surface area contributed by atoms with E-state index in [1.165, 1.54) is 0 Å². The molecular formula is C7H18ClNOP+. The summed E-state index contributed by atoms with van der Waals surface area (Å²) in [6, 6.07) is 0. The Morgan fingerprint density at radius 2 is 1.91 bits per heavy atom. The molecule has 0 aliphatic rings. The fraction of sp³-hybridized carbons (Fsp3) is 1.00. The van der Waals surface area contributed by atoms with Crippen molar-refractivity contribution in [3.63, 3.8) is 0 Å². The molecule has 2 nitrogen and oxygen atoms in total. The Balaban J connectivity index is 0. The molecule has 0 aromatic heterocycles. The molecule has 0 aliphatic carbocycles. The lowest BCUT2D eigenvalue weighted by molar-refractivity contribution is 0.409. The highest BCUT2D eigenvalue weighted by Gasteiger charge is 2.09. The smallest absolute Gasteiger partial charge is 0.309 e. The van der Waals surface area contributed by atoms with Gasteiger partial charge in [-0.2, -0.15) is 0 Å². The van der Waals surface area contributed by atoms with E-state index in [-0.39, 0.29) is 12.4 Å². The lowest BCUT2D eigenvalue weighted by atomic mass is 10.5. The summed E-state index contributed by atoms with van der Waals surface area (Å²) >= 11 is 0. The zero-order chi connectivity index (χ0) is 7.98. The van der Waals surface area contributed by atoms with Crippen LogP contribution in [0.15, 0.2) is 0 Å². The Kier molecular flexibility index (Phi) is 10.7. The molecule has 4 heteroatoms. The summed E-state index contributed by atoms with van der Waals surface area (Å²) in [7, 11) is 3.20. The summed E-state index contributed by atoms with van der Waals surface area (Å²) in [5, 5.41) is 0. The molecule has 0 spiro atoms. The first-order valence-corrected chi connectivity index (χ1v) is 5.36. The maximum atomic E-state index is 10.9. The van der Waals surface area contributed by atoms with E-state index in [9.17, 15) is 4.57 Å². The average molecular weight is 199 g/mol. The summed E-state index contributed by atoms with van der Waals surface area (Å²) < 4.78 is 10.9. The zero-order valence-corrected chi connectivity index (χ0v) is 9.25. The predicted octanol–water partition coefficient (Wildman–Crippen LogP) is 2.21. The fourth-order valence-corrected chi connectivity index (χ4v) is 1.53. The Bertz CT molecular complexity index is 109. The van der Waals surface area contributed by atoms with Gasteiger partial charge in [0.05, 0.1) is 0 Å². The van der Waals surface area contributed by atoms with Gasteiger partial charge in [0, 0.05) is 13.0 Å². The van der Waals surface area contributed by atoms with Crippen LogP contribution >= 0.6 is 20.2 Å². The van der Waals surface area contributed by atoms with E-state index < -0.39 is 7.80 Å². The van der Waals surface area contributed by atoms with Crippen molar-refractivity contribution in [2.24, 2.45) is 0 Å². The molecule has 1 unspecified atom stereocenters. The number of rotatable bonds is 5. The van der Waals surface area contributed by atoms with Crippen LogP contribution in [0, 0.1) is 0 Å². The summed E-state index contributed by atoms with van der Waals surface area (Å²) in [6.07, 6.45) is 2.79. The van der Waals surface area contributed by atoms with Gasteiger partial charge in [0.15, 0.2) is 0 Å². The average Bonchev–Trinajstić information content (AvgIpc) is 1.87. The van der Waals surface area contributed by atoms with Gasteiger partial charge >= 0.3 is 7.80 Å². The molecule has 0 saturated heterocycles. The van der Waals surface area contributed by atoms with Gasteiger partial charge in [0.25, 0.3) is 0 Å². The van der Waals surface area contributed by atoms with E-state index in [2.05, 4.69) is 4.90 Å². The van der Waals surface area contributed by atoms with E-state index in [1.807, 2.05) is 21.0 Å². The molecule has 0 radical (unpaired) electrons. The Labute approximate surface area is 76.5 Å². The van der Waals surface area contributed by atoms with Gasteiger partial charge in [0.1, 0.15) is 12.3 Å². The normalized spacial score (nSPS) is 11.1. The van der Waals surface area contributed by atoms with Crippen LogP contribution < -0.4 is 0 Å². The second kappa shape index (κ2) is 8.45. The predicted molar refractivity (Wildman–Crippen MR) is 53.4 cm³/mol. The SMILES string of the molecule is CC[P+](=O)CCCN(C)C.Cl. The van der Waals surface area contributed by atoms with E-state index >= 15 is 0 Å². The first-order valence-electron chi connectivity index (χ1n) is 3.73. The van der Waals surface area contributed by atoms with E-state index in [0.29, 0.717) is 0 Å². The number of hydrogen-bond acceptors (Lipinski definition) is 2. The monoisotopic (exact) mass is 198 g/mol. The third-order valence-electron chi connectivity index (χ3n) is 1.37. The van der Waals surface area contributed by atoms with Crippen molar-refractivity contribution < 1.29 is 4.57 Å². The van der Waals surface area contributed by atoms with E-state index in [1.54, 1.807) is 0 Å². The second-order valence-electron chi connectivity index (χ2n) is 2.68. The first-order chi connectivity index (χ1) is 4.66. The van der Waals surface area contributed by atoms with Gasteiger partial charge in [-0.25, -0.2) is 0 Å². The molecule has 0 N–H and O–H groups in total. The molecule has 0 rings (SSSR count). The van der Waals surface area contributed by atoms with Crippen LogP contribution in [0.4, 0.5) is 0 Å². The molecule has 1 atom stereocenters. The van der Waals surface area contributed by atoms with Gasteiger partial charge in [-0.3, -0.25) is 0 Å². The summed E-state index contributed by atoms with van der Waals surface area (Å²) in [6.45, 7) is 3.04. The third kappa shape index (κ3) is 10.4. The molecule has 0 aromatic rings. The molecule has 0 saturated carbocycles. The fourth-order valence-electron chi connectivity index (χ4n) is 0.721. The van der Waals surface area contributed by atoms with E-state index in [0.717, 1.165) is 25.3 Å². The second-order valence-corrected chi connectivity index (χ2v) is 4.72. The topological polar surface area (TPSA) is 20.3 Å². The highest BCUT2D eigenvalue weighted by atomic mass is 35.5. The molecule has 0 bridgehead atoms. The van der Waals surface area contributed by atoms with Gasteiger partial charge in [0.2, 0.25) is 0 Å². The minimum Gasteiger partial charge on any atom is -0.309 e. The number of halogens is 1. The minimum atomic E-state index is -0.886. The number of nitrogens with zero attached hydrogens (tertiary/aromatic N) is 1. The zero-order valence-electron chi connectivity index (χ0n) is 7.54. The molecule has 0 fully saturated rings. The van der Waals surface area contributed by atoms with E-state index in [4.69, 9.17) is 0 Å². The van der Waals surface area contributed by atoms with Crippen molar-refractivity contribution >= 4 is 20.2 Å². The van der Waals surface area contributed by atoms with Crippen molar-refractivity contribution in [2.75, 3.05) is 33.0 Å². The maximum absolute atomic E-state index is 10.9. The van der Waals surface area contributed by atoms with Gasteiger partial charge < -0.3 is 4.90 Å². The van der Waals surface area contributed by atoms with Crippen molar-refractivity contribution in [3.05, 3.63) is 0 Å². The Morgan fingerprint density at radius 1 is 1.36 bits per heavy atom. The van der Waals surface area contributed by atoms with Crippen LogP contribution in [0.2, 0.25) is 0 Å². The van der Waals surface area contributed by atoms with Gasteiger partial charge in [-0.1, -0.05) is 4.57 Å². The molecule has 0 heterocycles. The third-order valence-corrected chi connectivity index (χ3v) is 2.89. The summed E-state index contributed by atoms with van der Waals surface area (Å²) in [5.74, 6) is 0. The summed E-state index contributed by atoms with van der Waals surface area (Å²) in [5.41, 5.74) is 0. The molecule has 11 heavy (non-hydrogen) atoms. The van der Waals surface area contributed by atoms with Gasteiger partial charge in [-0.05, 0) is 21.0 Å². The van der Waals surface area contributed by atoms with Crippen molar-refractivity contribution in [3.8, 4) is 0 Å². The molecule has 0 amide bonds. The Morgan fingerprint density at radius 3 is 2.27 bits per heavy atom. The minimum absolute atomic E-state index is 0. The summed E-state index contributed by atoms with van der Waals surface area (Å²) in [4.78, 5) is 2.12. The lowest BCUT2D eigenvalue weighted by Gasteiger charge is -2.04. The maximum Gasteiger partial charge on any atom is 0.338 e. The van der Waals surface area contributed by atoms with Crippen LogP contribution in [0.1, 0.15) is 13.3 Å². The molecule has 0 aliphatic heterocycles.